The topological polar surface area (TPSA) is 45.7 Å². The first-order valence-electron chi connectivity index (χ1n) is 7.61. The van der Waals surface area contributed by atoms with E-state index in [1.165, 1.54) is 0 Å². The molecule has 1 unspecified atom stereocenters. The molecule has 0 aromatic heterocycles. The van der Waals surface area contributed by atoms with Gasteiger partial charge < -0.3 is 15.4 Å². The van der Waals surface area contributed by atoms with Crippen LogP contribution in [0.4, 0.5) is 0 Å². The van der Waals surface area contributed by atoms with Crippen LogP contribution in [0.2, 0.25) is 0 Å². The van der Waals surface area contributed by atoms with Crippen LogP contribution < -0.4 is 10.6 Å². The van der Waals surface area contributed by atoms with E-state index < -0.39 is 0 Å². The Morgan fingerprint density at radius 1 is 1.27 bits per heavy atom. The first kappa shape index (κ1) is 19.0. The van der Waals surface area contributed by atoms with Crippen LogP contribution in [0.5, 0.6) is 0 Å². The zero-order valence-electron chi connectivity index (χ0n) is 13.3. The fourth-order valence-electron chi connectivity index (χ4n) is 2.41. The Balaban J connectivity index is 0.00000242. The molecule has 5 heteroatoms. The second-order valence-electron chi connectivity index (χ2n) is 5.14. The van der Waals surface area contributed by atoms with Gasteiger partial charge in [0.25, 0.3) is 0 Å². The highest BCUT2D eigenvalue weighted by atomic mass is 127. The predicted octanol–water partition coefficient (Wildman–Crippen LogP) is 3.27. The molecule has 1 aliphatic carbocycles. The van der Waals surface area contributed by atoms with Crippen LogP contribution in [-0.2, 0) is 4.74 Å². The number of ether oxygens (including phenoxy) is 1. The summed E-state index contributed by atoms with van der Waals surface area (Å²) in [5.41, 5.74) is 1.15. The molecule has 0 aliphatic heterocycles. The molecule has 1 atom stereocenters. The SMILES string of the molecule is CCNC(=NCC(OC)c1ccccc1)NC1CC=CC1.I. The second kappa shape index (κ2) is 10.6. The van der Waals surface area contributed by atoms with Crippen LogP contribution in [-0.4, -0.2) is 32.2 Å². The summed E-state index contributed by atoms with van der Waals surface area (Å²) in [6.45, 7) is 3.54. The van der Waals surface area contributed by atoms with E-state index in [1.807, 2.05) is 18.2 Å². The highest BCUT2D eigenvalue weighted by Crippen LogP contribution is 2.16. The van der Waals surface area contributed by atoms with Gasteiger partial charge in [0.05, 0.1) is 6.54 Å². The minimum Gasteiger partial charge on any atom is -0.375 e. The lowest BCUT2D eigenvalue weighted by Gasteiger charge is -2.18. The third-order valence-corrected chi connectivity index (χ3v) is 3.56. The summed E-state index contributed by atoms with van der Waals surface area (Å²) in [7, 11) is 1.73. The van der Waals surface area contributed by atoms with Gasteiger partial charge in [-0.1, -0.05) is 42.5 Å². The van der Waals surface area contributed by atoms with Crippen molar-refractivity contribution in [3.63, 3.8) is 0 Å². The zero-order chi connectivity index (χ0) is 14.9. The van der Waals surface area contributed by atoms with Gasteiger partial charge in [-0.3, -0.25) is 4.99 Å². The fourth-order valence-corrected chi connectivity index (χ4v) is 2.41. The largest absolute Gasteiger partial charge is 0.375 e. The van der Waals surface area contributed by atoms with Crippen LogP contribution in [0.25, 0.3) is 0 Å². The van der Waals surface area contributed by atoms with E-state index in [1.54, 1.807) is 7.11 Å². The average Bonchev–Trinajstić information content (AvgIpc) is 3.02. The molecule has 2 N–H and O–H groups in total. The summed E-state index contributed by atoms with van der Waals surface area (Å²) >= 11 is 0. The van der Waals surface area contributed by atoms with Crippen LogP contribution in [0.1, 0.15) is 31.4 Å². The maximum Gasteiger partial charge on any atom is 0.191 e. The Morgan fingerprint density at radius 2 is 1.95 bits per heavy atom. The summed E-state index contributed by atoms with van der Waals surface area (Å²) in [5, 5.41) is 6.76. The van der Waals surface area contributed by atoms with Crippen molar-refractivity contribution in [1.82, 2.24) is 10.6 Å². The number of hydrogen-bond donors (Lipinski definition) is 2. The number of benzene rings is 1. The molecule has 0 amide bonds. The molecule has 122 valence electrons. The lowest BCUT2D eigenvalue weighted by atomic mass is 10.1. The number of guanidine groups is 1. The minimum atomic E-state index is -0.0108. The molecule has 0 spiro atoms. The van der Waals surface area contributed by atoms with Crippen molar-refractivity contribution >= 4 is 29.9 Å². The van der Waals surface area contributed by atoms with Crippen LogP contribution in [0.15, 0.2) is 47.5 Å². The fraction of sp³-hybridized carbons (Fsp3) is 0.471. The second-order valence-corrected chi connectivity index (χ2v) is 5.14. The van der Waals surface area contributed by atoms with E-state index in [0.717, 1.165) is 30.9 Å². The number of hydrogen-bond acceptors (Lipinski definition) is 2. The van der Waals surface area contributed by atoms with Gasteiger partial charge in [0.2, 0.25) is 0 Å². The van der Waals surface area contributed by atoms with Crippen molar-refractivity contribution in [3.05, 3.63) is 48.0 Å². The first-order chi connectivity index (χ1) is 10.3. The molecule has 0 saturated carbocycles. The van der Waals surface area contributed by atoms with Crippen molar-refractivity contribution in [1.29, 1.82) is 0 Å². The molecular weight excluding hydrogens is 389 g/mol. The van der Waals surface area contributed by atoms with Crippen LogP contribution in [0, 0.1) is 0 Å². The number of rotatable bonds is 6. The molecule has 2 rings (SSSR count). The number of nitrogens with one attached hydrogen (secondary N) is 2. The Hall–Kier alpha value is -1.08. The number of aliphatic imine (C=N–C) groups is 1. The van der Waals surface area contributed by atoms with Gasteiger partial charge in [-0.2, -0.15) is 0 Å². The van der Waals surface area contributed by atoms with E-state index >= 15 is 0 Å². The summed E-state index contributed by atoms with van der Waals surface area (Å²) in [4.78, 5) is 4.67. The Bertz CT molecular complexity index is 468. The summed E-state index contributed by atoms with van der Waals surface area (Å²) in [6.07, 6.45) is 6.54. The van der Waals surface area contributed by atoms with Crippen molar-refractivity contribution < 1.29 is 4.74 Å². The van der Waals surface area contributed by atoms with Crippen molar-refractivity contribution in [2.24, 2.45) is 4.99 Å². The van der Waals surface area contributed by atoms with Crippen molar-refractivity contribution in [2.45, 2.75) is 31.9 Å². The maximum absolute atomic E-state index is 5.56. The predicted molar refractivity (Wildman–Crippen MR) is 103 cm³/mol. The monoisotopic (exact) mass is 415 g/mol. The number of nitrogens with zero attached hydrogens (tertiary/aromatic N) is 1. The Morgan fingerprint density at radius 3 is 2.55 bits per heavy atom. The molecule has 0 heterocycles. The first-order valence-corrected chi connectivity index (χ1v) is 7.61. The van der Waals surface area contributed by atoms with E-state index in [0.29, 0.717) is 12.6 Å². The molecule has 1 aliphatic rings. The smallest absolute Gasteiger partial charge is 0.191 e. The van der Waals surface area contributed by atoms with E-state index in [4.69, 9.17) is 4.74 Å². The Kier molecular flexibility index (Phi) is 9.15. The normalized spacial score (nSPS) is 16.2. The molecule has 0 fully saturated rings. The summed E-state index contributed by atoms with van der Waals surface area (Å²) < 4.78 is 5.56. The number of halogens is 1. The van der Waals surface area contributed by atoms with Gasteiger partial charge in [-0.25, -0.2) is 0 Å². The average molecular weight is 415 g/mol. The highest BCUT2D eigenvalue weighted by Gasteiger charge is 2.13. The highest BCUT2D eigenvalue weighted by molar-refractivity contribution is 14.0. The third-order valence-electron chi connectivity index (χ3n) is 3.56. The standard InChI is InChI=1S/C17H25N3O.HI/c1-3-18-17(20-15-11-7-8-12-15)19-13-16(21-2)14-9-5-4-6-10-14;/h4-10,15-16H,3,11-13H2,1-2H3,(H2,18,19,20);1H. The molecule has 1 aromatic carbocycles. The molecular formula is C17H26IN3O. The quantitative estimate of drug-likeness (QED) is 0.325. The van der Waals surface area contributed by atoms with Gasteiger partial charge in [0.1, 0.15) is 6.10 Å². The van der Waals surface area contributed by atoms with Crippen LogP contribution >= 0.6 is 24.0 Å². The molecule has 4 nitrogen and oxygen atoms in total. The summed E-state index contributed by atoms with van der Waals surface area (Å²) in [6, 6.07) is 10.7. The molecule has 0 bridgehead atoms. The van der Waals surface area contributed by atoms with E-state index in [2.05, 4.69) is 46.8 Å². The molecule has 0 saturated heterocycles. The van der Waals surface area contributed by atoms with Gasteiger partial charge in [0, 0.05) is 19.7 Å². The van der Waals surface area contributed by atoms with E-state index in [9.17, 15) is 0 Å². The maximum atomic E-state index is 5.56. The van der Waals surface area contributed by atoms with Gasteiger partial charge in [-0.15, -0.1) is 24.0 Å². The van der Waals surface area contributed by atoms with Gasteiger partial charge >= 0.3 is 0 Å². The van der Waals surface area contributed by atoms with Crippen molar-refractivity contribution in [2.75, 3.05) is 20.2 Å². The van der Waals surface area contributed by atoms with E-state index in [-0.39, 0.29) is 30.1 Å². The third kappa shape index (κ3) is 5.96. The van der Waals surface area contributed by atoms with Gasteiger partial charge in [0.15, 0.2) is 5.96 Å². The summed E-state index contributed by atoms with van der Waals surface area (Å²) in [5.74, 6) is 0.865. The Labute approximate surface area is 150 Å². The molecule has 0 radical (unpaired) electrons. The number of methoxy groups -OCH3 is 1. The zero-order valence-corrected chi connectivity index (χ0v) is 15.6. The lowest BCUT2D eigenvalue weighted by molar-refractivity contribution is 0.111. The minimum absolute atomic E-state index is 0. The lowest BCUT2D eigenvalue weighted by Crippen LogP contribution is -2.42. The van der Waals surface area contributed by atoms with Crippen LogP contribution in [0.3, 0.4) is 0 Å². The van der Waals surface area contributed by atoms with Crippen molar-refractivity contribution in [3.8, 4) is 0 Å². The molecule has 22 heavy (non-hydrogen) atoms. The molecule has 1 aromatic rings. The van der Waals surface area contributed by atoms with Gasteiger partial charge in [-0.05, 0) is 25.3 Å².